The Morgan fingerprint density at radius 2 is 1.74 bits per heavy atom. The summed E-state index contributed by atoms with van der Waals surface area (Å²) in [5, 5.41) is 3.31. The summed E-state index contributed by atoms with van der Waals surface area (Å²) >= 11 is 0. The molecule has 0 saturated carbocycles. The first-order valence-corrected chi connectivity index (χ1v) is 8.26. The predicted octanol–water partition coefficient (Wildman–Crippen LogP) is 4.12. The van der Waals surface area contributed by atoms with Crippen LogP contribution >= 0.6 is 0 Å². The first-order chi connectivity index (χ1) is 13.1. The number of nitrogens with one attached hydrogen (secondary N) is 1. The second-order valence-corrected chi connectivity index (χ2v) is 5.94. The van der Waals surface area contributed by atoms with E-state index in [0.29, 0.717) is 22.5 Å². The lowest BCUT2D eigenvalue weighted by atomic mass is 10.2. The van der Waals surface area contributed by atoms with E-state index in [1.807, 2.05) is 0 Å². The molecule has 0 atom stereocenters. The zero-order chi connectivity index (χ0) is 18.8. The SMILES string of the molecule is O=C(NCc1ccc(-c2ccc(F)cc2)o1)c1cc2ccccc2oc1=O. The van der Waals surface area contributed by atoms with Crippen molar-refractivity contribution in [2.45, 2.75) is 6.54 Å². The van der Waals surface area contributed by atoms with Crippen LogP contribution in [-0.2, 0) is 6.54 Å². The van der Waals surface area contributed by atoms with E-state index in [1.165, 1.54) is 18.2 Å². The molecule has 2 aromatic carbocycles. The van der Waals surface area contributed by atoms with Gasteiger partial charge < -0.3 is 14.2 Å². The van der Waals surface area contributed by atoms with Gasteiger partial charge in [-0.25, -0.2) is 9.18 Å². The number of benzene rings is 2. The van der Waals surface area contributed by atoms with E-state index in [2.05, 4.69) is 5.32 Å². The van der Waals surface area contributed by atoms with Crippen molar-refractivity contribution in [2.75, 3.05) is 0 Å². The Labute approximate surface area is 153 Å². The lowest BCUT2D eigenvalue weighted by Gasteiger charge is -2.04. The number of hydrogen-bond donors (Lipinski definition) is 1. The van der Waals surface area contributed by atoms with Crippen LogP contribution in [0.15, 0.2) is 80.4 Å². The molecule has 2 aromatic heterocycles. The third-order valence-electron chi connectivity index (χ3n) is 4.10. The van der Waals surface area contributed by atoms with Gasteiger partial charge in [0.15, 0.2) is 0 Å². The van der Waals surface area contributed by atoms with E-state index in [1.54, 1.807) is 48.5 Å². The molecule has 0 aliphatic heterocycles. The summed E-state index contributed by atoms with van der Waals surface area (Å²) in [5.74, 6) is 0.193. The van der Waals surface area contributed by atoms with Gasteiger partial charge in [-0.15, -0.1) is 0 Å². The second kappa shape index (κ2) is 6.92. The van der Waals surface area contributed by atoms with Gasteiger partial charge in [-0.2, -0.15) is 0 Å². The Morgan fingerprint density at radius 3 is 2.56 bits per heavy atom. The number of carbonyl (C=O) groups is 1. The fourth-order valence-electron chi connectivity index (χ4n) is 2.73. The molecule has 0 aliphatic carbocycles. The van der Waals surface area contributed by atoms with E-state index < -0.39 is 11.5 Å². The van der Waals surface area contributed by atoms with Gasteiger partial charge in [-0.05, 0) is 48.5 Å². The molecule has 5 nitrogen and oxygen atoms in total. The number of halogens is 1. The minimum Gasteiger partial charge on any atom is -0.459 e. The van der Waals surface area contributed by atoms with Gasteiger partial charge in [0.1, 0.15) is 28.5 Å². The quantitative estimate of drug-likeness (QED) is 0.554. The standard InChI is InChI=1S/C21H14FNO4/c22-15-7-5-13(6-8-15)19-10-9-16(26-19)12-23-20(24)17-11-14-3-1-2-4-18(14)27-21(17)25/h1-11H,12H2,(H,23,24). The molecular formula is C21H14FNO4. The Balaban J connectivity index is 1.49. The van der Waals surface area contributed by atoms with Gasteiger partial charge in [-0.1, -0.05) is 18.2 Å². The van der Waals surface area contributed by atoms with Crippen molar-refractivity contribution >= 4 is 16.9 Å². The van der Waals surface area contributed by atoms with E-state index in [0.717, 1.165) is 5.56 Å². The highest BCUT2D eigenvalue weighted by Gasteiger charge is 2.14. The maximum absolute atomic E-state index is 13.0. The molecule has 1 N–H and O–H groups in total. The van der Waals surface area contributed by atoms with E-state index in [9.17, 15) is 14.0 Å². The number of rotatable bonds is 4. The highest BCUT2D eigenvalue weighted by Crippen LogP contribution is 2.22. The molecule has 0 aliphatic rings. The Hall–Kier alpha value is -3.67. The molecule has 6 heteroatoms. The van der Waals surface area contributed by atoms with Crippen LogP contribution in [0.2, 0.25) is 0 Å². The minimum atomic E-state index is -0.697. The van der Waals surface area contributed by atoms with Crippen molar-refractivity contribution in [3.05, 3.63) is 94.3 Å². The maximum Gasteiger partial charge on any atom is 0.349 e. The molecular weight excluding hydrogens is 349 g/mol. The molecule has 4 rings (SSSR count). The summed E-state index contributed by atoms with van der Waals surface area (Å²) in [7, 11) is 0. The average molecular weight is 363 g/mol. The molecule has 0 bridgehead atoms. The monoisotopic (exact) mass is 363 g/mol. The number of amides is 1. The molecule has 1 amide bonds. The summed E-state index contributed by atoms with van der Waals surface area (Å²) in [6, 6.07) is 17.8. The van der Waals surface area contributed by atoms with Gasteiger partial charge in [0.2, 0.25) is 0 Å². The Morgan fingerprint density at radius 1 is 0.963 bits per heavy atom. The smallest absolute Gasteiger partial charge is 0.349 e. The van der Waals surface area contributed by atoms with Gasteiger partial charge in [-0.3, -0.25) is 4.79 Å². The van der Waals surface area contributed by atoms with Gasteiger partial charge in [0, 0.05) is 10.9 Å². The van der Waals surface area contributed by atoms with Crippen molar-refractivity contribution in [2.24, 2.45) is 0 Å². The highest BCUT2D eigenvalue weighted by molar-refractivity contribution is 5.96. The molecule has 0 radical (unpaired) electrons. The number of para-hydroxylation sites is 1. The first-order valence-electron chi connectivity index (χ1n) is 8.26. The fourth-order valence-corrected chi connectivity index (χ4v) is 2.73. The normalized spacial score (nSPS) is 10.9. The van der Waals surface area contributed by atoms with Crippen LogP contribution in [0.25, 0.3) is 22.3 Å². The first kappa shape index (κ1) is 16.8. The summed E-state index contributed by atoms with van der Waals surface area (Å²) in [6.45, 7) is 0.103. The van der Waals surface area contributed by atoms with Crippen LogP contribution in [0.3, 0.4) is 0 Å². The van der Waals surface area contributed by atoms with Crippen LogP contribution in [0.5, 0.6) is 0 Å². The molecule has 0 unspecified atom stereocenters. The van der Waals surface area contributed by atoms with E-state index in [-0.39, 0.29) is 17.9 Å². The van der Waals surface area contributed by atoms with Crippen molar-refractivity contribution in [1.82, 2.24) is 5.32 Å². The maximum atomic E-state index is 13.0. The Bertz CT molecular complexity index is 1170. The molecule has 134 valence electrons. The van der Waals surface area contributed by atoms with Gasteiger partial charge in [0.05, 0.1) is 6.54 Å². The number of fused-ring (bicyclic) bond motifs is 1. The number of carbonyl (C=O) groups excluding carboxylic acids is 1. The minimum absolute atomic E-state index is 0.0704. The van der Waals surface area contributed by atoms with Crippen molar-refractivity contribution in [3.8, 4) is 11.3 Å². The Kier molecular flexibility index (Phi) is 4.30. The van der Waals surface area contributed by atoms with Crippen molar-refractivity contribution in [1.29, 1.82) is 0 Å². The van der Waals surface area contributed by atoms with Crippen molar-refractivity contribution in [3.63, 3.8) is 0 Å². The van der Waals surface area contributed by atoms with Crippen LogP contribution in [0.1, 0.15) is 16.1 Å². The zero-order valence-electron chi connectivity index (χ0n) is 14.1. The van der Waals surface area contributed by atoms with Crippen molar-refractivity contribution < 1.29 is 18.0 Å². The molecule has 2 heterocycles. The van der Waals surface area contributed by atoms with Crippen LogP contribution in [0.4, 0.5) is 4.39 Å². The molecule has 27 heavy (non-hydrogen) atoms. The van der Waals surface area contributed by atoms with Gasteiger partial charge in [0.25, 0.3) is 5.91 Å². The zero-order valence-corrected chi connectivity index (χ0v) is 14.1. The fraction of sp³-hybridized carbons (Fsp3) is 0.0476. The largest absolute Gasteiger partial charge is 0.459 e. The number of furan rings is 1. The summed E-state index contributed by atoms with van der Waals surface area (Å²) < 4.78 is 23.8. The van der Waals surface area contributed by atoms with Gasteiger partial charge >= 0.3 is 5.63 Å². The topological polar surface area (TPSA) is 72.5 Å². The lowest BCUT2D eigenvalue weighted by Crippen LogP contribution is -2.27. The molecule has 0 spiro atoms. The van der Waals surface area contributed by atoms with E-state index >= 15 is 0 Å². The summed E-state index contributed by atoms with van der Waals surface area (Å²) in [4.78, 5) is 24.4. The van der Waals surface area contributed by atoms with Crippen LogP contribution < -0.4 is 10.9 Å². The summed E-state index contributed by atoms with van der Waals surface area (Å²) in [5.41, 5.74) is 0.384. The van der Waals surface area contributed by atoms with Crippen LogP contribution in [-0.4, -0.2) is 5.91 Å². The third-order valence-corrected chi connectivity index (χ3v) is 4.10. The van der Waals surface area contributed by atoms with Crippen LogP contribution in [0, 0.1) is 5.82 Å². The second-order valence-electron chi connectivity index (χ2n) is 5.94. The number of hydrogen-bond acceptors (Lipinski definition) is 4. The summed E-state index contributed by atoms with van der Waals surface area (Å²) in [6.07, 6.45) is 0. The predicted molar refractivity (Wildman–Crippen MR) is 97.8 cm³/mol. The van der Waals surface area contributed by atoms with E-state index in [4.69, 9.17) is 8.83 Å². The highest BCUT2D eigenvalue weighted by atomic mass is 19.1. The molecule has 4 aromatic rings. The lowest BCUT2D eigenvalue weighted by molar-refractivity contribution is 0.0944. The third kappa shape index (κ3) is 3.50. The molecule has 0 saturated heterocycles. The average Bonchev–Trinajstić information content (AvgIpc) is 3.15. The molecule has 0 fully saturated rings.